The number of anilines is 1. The van der Waals surface area contributed by atoms with Gasteiger partial charge >= 0.3 is 15.5 Å². The summed E-state index contributed by atoms with van der Waals surface area (Å²) in [5.41, 5.74) is -4.57. The fourth-order valence-electron chi connectivity index (χ4n) is 4.86. The number of fused-ring (bicyclic) bond motifs is 1. The second-order valence-electron chi connectivity index (χ2n) is 9.45. The van der Waals surface area contributed by atoms with E-state index in [9.17, 15) is 26.7 Å². The molecule has 13 heteroatoms. The van der Waals surface area contributed by atoms with Crippen molar-refractivity contribution in [2.24, 2.45) is 0 Å². The highest BCUT2D eigenvalue weighted by Crippen LogP contribution is 2.39. The molecule has 210 valence electrons. The monoisotopic (exact) mass is 654 g/mol. The third kappa shape index (κ3) is 5.42. The summed E-state index contributed by atoms with van der Waals surface area (Å²) >= 11 is 9.55. The summed E-state index contributed by atoms with van der Waals surface area (Å²) in [5, 5.41) is 16.6. The maximum atomic E-state index is 13.0. The fourth-order valence-corrected chi connectivity index (χ4v) is 6.23. The minimum atomic E-state index is -5.37. The van der Waals surface area contributed by atoms with E-state index in [1.807, 2.05) is 24.3 Å². The van der Waals surface area contributed by atoms with Gasteiger partial charge in [0, 0.05) is 34.0 Å². The number of sulfonamides is 1. The number of hydrogen-bond donors (Lipinski definition) is 2. The smallest absolute Gasteiger partial charge is 0.376 e. The molecule has 0 bridgehead atoms. The summed E-state index contributed by atoms with van der Waals surface area (Å²) in [5.74, 6) is 0.429. The molecule has 1 aliphatic heterocycles. The Balaban J connectivity index is 1.49. The molecule has 1 unspecified atom stereocenters. The zero-order valence-electron chi connectivity index (χ0n) is 20.7. The van der Waals surface area contributed by atoms with Gasteiger partial charge in [0.15, 0.2) is 0 Å². The zero-order valence-corrected chi connectivity index (χ0v) is 23.9. The third-order valence-electron chi connectivity index (χ3n) is 7.00. The lowest BCUT2D eigenvalue weighted by molar-refractivity contribution is -0.0494. The molecular formula is C27H23BrClF3N4O3S. The van der Waals surface area contributed by atoms with Crippen LogP contribution in [0.3, 0.4) is 0 Å². The van der Waals surface area contributed by atoms with Crippen LogP contribution in [-0.4, -0.2) is 52.4 Å². The standard InChI is InChI=1S/C27H23BrClF3N4O3S/c28-20-6-1-17(2-7-20)26(37,18-3-8-21(29)9-4-18)19-5-10-24-23(15-19)25(34-16-33-24)35-22-11-13-36(14-12-22)40(38,39)27(30,31)32/h1-10,15-16,22,37H,11-14H2,(H,33,34,35). The topological polar surface area (TPSA) is 95.4 Å². The molecule has 0 radical (unpaired) electrons. The fraction of sp³-hybridized carbons (Fsp3) is 0.259. The lowest BCUT2D eigenvalue weighted by Crippen LogP contribution is -2.47. The van der Waals surface area contributed by atoms with Crippen LogP contribution >= 0.6 is 27.5 Å². The van der Waals surface area contributed by atoms with Crippen LogP contribution in [-0.2, 0) is 15.6 Å². The Morgan fingerprint density at radius 1 is 0.925 bits per heavy atom. The van der Waals surface area contributed by atoms with Gasteiger partial charge in [0.25, 0.3) is 0 Å². The first kappa shape index (κ1) is 28.7. The van der Waals surface area contributed by atoms with Gasteiger partial charge in [0.05, 0.1) is 5.52 Å². The van der Waals surface area contributed by atoms with Crippen LogP contribution < -0.4 is 5.32 Å². The van der Waals surface area contributed by atoms with Crippen LogP contribution in [0.2, 0.25) is 5.02 Å². The largest absolute Gasteiger partial charge is 0.511 e. The summed E-state index contributed by atoms with van der Waals surface area (Å²) in [6.07, 6.45) is 1.69. The van der Waals surface area contributed by atoms with Crippen molar-refractivity contribution in [1.82, 2.24) is 14.3 Å². The second kappa shape index (κ2) is 10.9. The Morgan fingerprint density at radius 3 is 2.10 bits per heavy atom. The van der Waals surface area contributed by atoms with E-state index in [2.05, 4.69) is 31.2 Å². The Labute approximate surface area is 242 Å². The molecule has 0 saturated carbocycles. The minimum absolute atomic E-state index is 0.161. The number of aromatic nitrogens is 2. The average molecular weight is 656 g/mol. The number of rotatable bonds is 6. The first-order valence-corrected chi connectivity index (χ1v) is 14.8. The first-order chi connectivity index (χ1) is 18.9. The average Bonchev–Trinajstić information content (AvgIpc) is 2.93. The number of alkyl halides is 3. The molecule has 2 heterocycles. The van der Waals surface area contributed by atoms with E-state index in [1.165, 1.54) is 6.33 Å². The highest BCUT2D eigenvalue weighted by Gasteiger charge is 2.50. The van der Waals surface area contributed by atoms with Crippen molar-refractivity contribution in [3.8, 4) is 0 Å². The number of halogens is 5. The molecule has 4 aromatic rings. The Hall–Kier alpha value is -2.77. The van der Waals surface area contributed by atoms with Gasteiger partial charge < -0.3 is 10.4 Å². The van der Waals surface area contributed by atoms with Crippen LogP contribution in [0.15, 0.2) is 77.5 Å². The molecule has 5 rings (SSSR count). The molecule has 1 aromatic heterocycles. The number of piperidine rings is 1. The third-order valence-corrected chi connectivity index (χ3v) is 9.41. The summed E-state index contributed by atoms with van der Waals surface area (Å²) in [6.45, 7) is -0.540. The van der Waals surface area contributed by atoms with Crippen molar-refractivity contribution in [2.45, 2.75) is 30.0 Å². The Morgan fingerprint density at radius 2 is 1.50 bits per heavy atom. The predicted octanol–water partition coefficient (Wildman–Crippen LogP) is 6.06. The van der Waals surface area contributed by atoms with E-state index < -0.39 is 21.1 Å². The van der Waals surface area contributed by atoms with E-state index in [4.69, 9.17) is 11.6 Å². The van der Waals surface area contributed by atoms with Gasteiger partial charge in [-0.05, 0) is 65.9 Å². The molecule has 1 atom stereocenters. The van der Waals surface area contributed by atoms with Crippen LogP contribution in [0.25, 0.3) is 10.9 Å². The second-order valence-corrected chi connectivity index (χ2v) is 12.7. The molecular weight excluding hydrogens is 633 g/mol. The van der Waals surface area contributed by atoms with Gasteiger partial charge in [-0.25, -0.2) is 18.4 Å². The Bertz CT molecular complexity index is 1580. The molecule has 0 aliphatic carbocycles. The van der Waals surface area contributed by atoms with E-state index in [1.54, 1.807) is 42.5 Å². The van der Waals surface area contributed by atoms with Crippen molar-refractivity contribution in [3.05, 3.63) is 99.2 Å². The van der Waals surface area contributed by atoms with Gasteiger partial charge in [-0.1, -0.05) is 57.9 Å². The number of aliphatic hydroxyl groups is 1. The van der Waals surface area contributed by atoms with Crippen molar-refractivity contribution in [2.75, 3.05) is 18.4 Å². The van der Waals surface area contributed by atoms with E-state index >= 15 is 0 Å². The molecule has 0 amide bonds. The lowest BCUT2D eigenvalue weighted by Gasteiger charge is -2.32. The SMILES string of the molecule is O=S(=O)(N1CCC(Nc2ncnc3ccc(C(O)(c4ccc(Cl)cc4)c4ccc(Br)cc4)cc23)CC1)C(F)(F)F. The van der Waals surface area contributed by atoms with Crippen LogP contribution in [0.5, 0.6) is 0 Å². The van der Waals surface area contributed by atoms with Gasteiger partial charge in [0.1, 0.15) is 17.7 Å². The van der Waals surface area contributed by atoms with E-state index in [0.717, 1.165) is 4.47 Å². The molecule has 3 aromatic carbocycles. The molecule has 40 heavy (non-hydrogen) atoms. The molecule has 0 spiro atoms. The van der Waals surface area contributed by atoms with Crippen LogP contribution in [0.1, 0.15) is 29.5 Å². The molecule has 2 N–H and O–H groups in total. The van der Waals surface area contributed by atoms with Crippen LogP contribution in [0, 0.1) is 0 Å². The van der Waals surface area contributed by atoms with Gasteiger partial charge in [-0.15, -0.1) is 0 Å². The number of benzene rings is 3. The maximum absolute atomic E-state index is 13.0. The van der Waals surface area contributed by atoms with Crippen molar-refractivity contribution in [1.29, 1.82) is 0 Å². The molecule has 1 aliphatic rings. The summed E-state index contributed by atoms with van der Waals surface area (Å²) in [4.78, 5) is 8.69. The molecule has 7 nitrogen and oxygen atoms in total. The Kier molecular flexibility index (Phi) is 7.83. The highest BCUT2D eigenvalue weighted by atomic mass is 79.9. The normalized spacial score (nSPS) is 17.1. The minimum Gasteiger partial charge on any atom is -0.376 e. The van der Waals surface area contributed by atoms with Crippen LogP contribution in [0.4, 0.5) is 19.0 Å². The van der Waals surface area contributed by atoms with Gasteiger partial charge in [-0.3, -0.25) is 0 Å². The zero-order chi connectivity index (χ0) is 28.7. The number of nitrogens with zero attached hydrogens (tertiary/aromatic N) is 3. The first-order valence-electron chi connectivity index (χ1n) is 12.2. The molecule has 1 fully saturated rings. The number of nitrogens with one attached hydrogen (secondary N) is 1. The summed E-state index contributed by atoms with van der Waals surface area (Å²) in [7, 11) is -5.37. The summed E-state index contributed by atoms with van der Waals surface area (Å²) in [6, 6.07) is 19.2. The van der Waals surface area contributed by atoms with Crippen molar-refractivity contribution < 1.29 is 26.7 Å². The summed E-state index contributed by atoms with van der Waals surface area (Å²) < 4.78 is 63.8. The quantitative estimate of drug-likeness (QED) is 0.246. The van der Waals surface area contributed by atoms with E-state index in [-0.39, 0.29) is 32.0 Å². The predicted molar refractivity (Wildman–Crippen MR) is 150 cm³/mol. The van der Waals surface area contributed by atoms with Gasteiger partial charge in [0.2, 0.25) is 0 Å². The highest BCUT2D eigenvalue weighted by molar-refractivity contribution is 9.10. The van der Waals surface area contributed by atoms with Crippen molar-refractivity contribution in [3.63, 3.8) is 0 Å². The van der Waals surface area contributed by atoms with E-state index in [0.29, 0.717) is 42.7 Å². The van der Waals surface area contributed by atoms with Gasteiger partial charge in [-0.2, -0.15) is 17.5 Å². The molecule has 1 saturated heterocycles. The number of hydrogen-bond acceptors (Lipinski definition) is 6. The maximum Gasteiger partial charge on any atom is 0.511 e. The lowest BCUT2D eigenvalue weighted by atomic mass is 9.80. The van der Waals surface area contributed by atoms with Crippen molar-refractivity contribution >= 4 is 54.3 Å².